The molecule has 0 spiro atoms. The Balaban J connectivity index is 1.59. The number of nitrogens with zero attached hydrogens (tertiary/aromatic N) is 3. The summed E-state index contributed by atoms with van der Waals surface area (Å²) in [7, 11) is 3.95. The lowest BCUT2D eigenvalue weighted by Gasteiger charge is -2.29. The van der Waals surface area contributed by atoms with Crippen LogP contribution in [0.3, 0.4) is 0 Å². The number of rotatable bonds is 4. The summed E-state index contributed by atoms with van der Waals surface area (Å²) < 4.78 is 0. The molecule has 5 rings (SSSR count). The molecule has 0 aromatic heterocycles. The van der Waals surface area contributed by atoms with Gasteiger partial charge in [0.25, 0.3) is 5.91 Å². The second-order valence-corrected chi connectivity index (χ2v) is 8.95. The van der Waals surface area contributed by atoms with Crippen molar-refractivity contribution in [2.24, 2.45) is 5.92 Å². The van der Waals surface area contributed by atoms with E-state index in [2.05, 4.69) is 0 Å². The molecule has 168 valence electrons. The van der Waals surface area contributed by atoms with E-state index in [0.29, 0.717) is 16.3 Å². The van der Waals surface area contributed by atoms with Crippen molar-refractivity contribution in [1.29, 1.82) is 0 Å². The molecule has 2 fully saturated rings. The molecule has 3 aromatic carbocycles. The Morgan fingerprint density at radius 2 is 1.58 bits per heavy atom. The van der Waals surface area contributed by atoms with Crippen LogP contribution in [0.15, 0.2) is 72.8 Å². The SMILES string of the molecule is Cc1c(Cl)cccc1N1C(=O)[C@H]2[C@@H](c3ccc(N(C)C)cc3)N(c3ccccc3)O[C@H]2C1=O. The normalized spacial score (nSPS) is 22.1. The van der Waals surface area contributed by atoms with Crippen LogP contribution in [0, 0.1) is 12.8 Å². The first-order valence-electron chi connectivity index (χ1n) is 10.8. The van der Waals surface area contributed by atoms with Gasteiger partial charge in [-0.25, -0.2) is 9.96 Å². The minimum Gasteiger partial charge on any atom is -0.378 e. The highest BCUT2D eigenvalue weighted by Crippen LogP contribution is 2.48. The maximum absolute atomic E-state index is 13.7. The van der Waals surface area contributed by atoms with Crippen LogP contribution in [0.4, 0.5) is 17.1 Å². The molecule has 33 heavy (non-hydrogen) atoms. The number of amides is 2. The van der Waals surface area contributed by atoms with Crippen molar-refractivity contribution in [2.75, 3.05) is 29.0 Å². The second-order valence-electron chi connectivity index (χ2n) is 8.54. The van der Waals surface area contributed by atoms with E-state index < -0.39 is 18.1 Å². The summed E-state index contributed by atoms with van der Waals surface area (Å²) >= 11 is 6.28. The standard InChI is InChI=1S/C26H24ClN3O3/c1-16-20(27)10-7-11-21(16)29-25(31)22-23(17-12-14-18(15-13-17)28(2)3)30(33-24(22)26(29)32)19-8-5-4-6-9-19/h4-15,22-24H,1-3H3/t22-,23+,24+/m0/s1. The Morgan fingerprint density at radius 3 is 2.24 bits per heavy atom. The first-order chi connectivity index (χ1) is 15.9. The molecule has 2 saturated heterocycles. The molecule has 0 N–H and O–H groups in total. The summed E-state index contributed by atoms with van der Waals surface area (Å²) in [6.07, 6.45) is -0.908. The van der Waals surface area contributed by atoms with Gasteiger partial charge in [-0.15, -0.1) is 0 Å². The monoisotopic (exact) mass is 461 g/mol. The lowest BCUT2D eigenvalue weighted by Crippen LogP contribution is -2.37. The van der Waals surface area contributed by atoms with Crippen LogP contribution in [0.2, 0.25) is 5.02 Å². The molecule has 2 aliphatic rings. The highest BCUT2D eigenvalue weighted by molar-refractivity contribution is 6.32. The zero-order valence-electron chi connectivity index (χ0n) is 18.6. The van der Waals surface area contributed by atoms with E-state index in [0.717, 1.165) is 16.9 Å². The van der Waals surface area contributed by atoms with Crippen molar-refractivity contribution in [2.45, 2.75) is 19.1 Å². The van der Waals surface area contributed by atoms with Gasteiger partial charge in [-0.2, -0.15) is 0 Å². The molecule has 6 nitrogen and oxygen atoms in total. The van der Waals surface area contributed by atoms with Crippen LogP contribution in [0.1, 0.15) is 17.2 Å². The Labute approximate surface area is 197 Å². The van der Waals surface area contributed by atoms with Crippen molar-refractivity contribution in [3.63, 3.8) is 0 Å². The highest BCUT2D eigenvalue weighted by Gasteiger charge is 2.60. The fraction of sp³-hybridized carbons (Fsp3) is 0.231. The molecular formula is C26H24ClN3O3. The number of carbonyl (C=O) groups is 2. The quantitative estimate of drug-likeness (QED) is 0.524. The van der Waals surface area contributed by atoms with E-state index in [4.69, 9.17) is 16.4 Å². The van der Waals surface area contributed by atoms with Gasteiger partial charge in [0.15, 0.2) is 6.10 Å². The topological polar surface area (TPSA) is 53.1 Å². The van der Waals surface area contributed by atoms with Gasteiger partial charge in [0, 0.05) is 24.8 Å². The van der Waals surface area contributed by atoms with Crippen LogP contribution in [-0.4, -0.2) is 32.0 Å². The van der Waals surface area contributed by atoms with E-state index >= 15 is 0 Å². The molecule has 0 aliphatic carbocycles. The summed E-state index contributed by atoms with van der Waals surface area (Å²) in [5, 5.41) is 2.21. The van der Waals surface area contributed by atoms with E-state index in [-0.39, 0.29) is 11.8 Å². The number of hydrogen-bond donors (Lipinski definition) is 0. The van der Waals surface area contributed by atoms with Gasteiger partial charge >= 0.3 is 0 Å². The van der Waals surface area contributed by atoms with E-state index in [1.54, 1.807) is 30.2 Å². The summed E-state index contributed by atoms with van der Waals surface area (Å²) in [6.45, 7) is 1.81. The fourth-order valence-electron chi connectivity index (χ4n) is 4.60. The molecule has 0 radical (unpaired) electrons. The van der Waals surface area contributed by atoms with Crippen LogP contribution in [0.5, 0.6) is 0 Å². The molecule has 3 aromatic rings. The first kappa shape index (κ1) is 21.5. The number of carbonyl (C=O) groups excluding carboxylic acids is 2. The van der Waals surface area contributed by atoms with Gasteiger partial charge < -0.3 is 4.90 Å². The molecule has 0 bridgehead atoms. The summed E-state index contributed by atoms with van der Waals surface area (Å²) in [5.74, 6) is -1.33. The van der Waals surface area contributed by atoms with Gasteiger partial charge in [-0.3, -0.25) is 14.4 Å². The number of fused-ring (bicyclic) bond motifs is 1. The number of halogens is 1. The smallest absolute Gasteiger partial charge is 0.266 e. The maximum Gasteiger partial charge on any atom is 0.266 e. The summed E-state index contributed by atoms with van der Waals surface area (Å²) in [6, 6.07) is 22.3. The number of hydrogen-bond acceptors (Lipinski definition) is 5. The molecule has 0 saturated carbocycles. The maximum atomic E-state index is 13.7. The third-order valence-corrected chi connectivity index (χ3v) is 6.77. The van der Waals surface area contributed by atoms with Crippen LogP contribution in [0.25, 0.3) is 0 Å². The van der Waals surface area contributed by atoms with E-state index in [9.17, 15) is 9.59 Å². The van der Waals surface area contributed by atoms with Crippen molar-refractivity contribution in [3.05, 3.63) is 88.9 Å². The third kappa shape index (κ3) is 3.46. The van der Waals surface area contributed by atoms with Gasteiger partial charge in [0.1, 0.15) is 5.92 Å². The zero-order valence-corrected chi connectivity index (χ0v) is 19.4. The van der Waals surface area contributed by atoms with Gasteiger partial charge in [-0.05, 0) is 54.4 Å². The number of para-hydroxylation sites is 1. The van der Waals surface area contributed by atoms with E-state index in [1.165, 1.54) is 4.90 Å². The van der Waals surface area contributed by atoms with E-state index in [1.807, 2.05) is 73.6 Å². The molecule has 7 heteroatoms. The highest BCUT2D eigenvalue weighted by atomic mass is 35.5. The van der Waals surface area contributed by atoms with Crippen LogP contribution in [-0.2, 0) is 14.4 Å². The average Bonchev–Trinajstić information content (AvgIpc) is 3.33. The first-order valence-corrected chi connectivity index (χ1v) is 11.2. The summed E-state index contributed by atoms with van der Waals surface area (Å²) in [5.41, 5.74) is 3.93. The lowest BCUT2D eigenvalue weighted by atomic mass is 9.90. The number of imide groups is 1. The van der Waals surface area contributed by atoms with Crippen LogP contribution >= 0.6 is 11.6 Å². The summed E-state index contributed by atoms with van der Waals surface area (Å²) in [4.78, 5) is 36.7. The molecule has 0 unspecified atom stereocenters. The molecular weight excluding hydrogens is 438 g/mol. The minimum atomic E-state index is -0.908. The Hall–Kier alpha value is -3.35. The van der Waals surface area contributed by atoms with Crippen molar-refractivity contribution in [3.8, 4) is 0 Å². The Bertz CT molecular complexity index is 1210. The Morgan fingerprint density at radius 1 is 0.879 bits per heavy atom. The molecule has 2 amide bonds. The Kier molecular flexibility index (Phi) is 5.35. The fourth-order valence-corrected chi connectivity index (χ4v) is 4.77. The minimum absolute atomic E-state index is 0.282. The third-order valence-electron chi connectivity index (χ3n) is 6.36. The van der Waals surface area contributed by atoms with Crippen molar-refractivity contribution >= 4 is 40.5 Å². The zero-order chi connectivity index (χ0) is 23.3. The van der Waals surface area contributed by atoms with Gasteiger partial charge in [0.05, 0.1) is 17.4 Å². The molecule has 2 aliphatic heterocycles. The predicted molar refractivity (Wildman–Crippen MR) is 129 cm³/mol. The number of anilines is 3. The molecule has 3 atom stereocenters. The van der Waals surface area contributed by atoms with Crippen LogP contribution < -0.4 is 14.9 Å². The lowest BCUT2D eigenvalue weighted by molar-refractivity contribution is -0.126. The average molecular weight is 462 g/mol. The van der Waals surface area contributed by atoms with Crippen molar-refractivity contribution in [1.82, 2.24) is 0 Å². The number of hydroxylamine groups is 1. The second kappa shape index (κ2) is 8.21. The van der Waals surface area contributed by atoms with Crippen molar-refractivity contribution < 1.29 is 14.4 Å². The van der Waals surface area contributed by atoms with Gasteiger partial charge in [-0.1, -0.05) is 48.0 Å². The number of benzene rings is 3. The molecule has 2 heterocycles. The van der Waals surface area contributed by atoms with Gasteiger partial charge in [0.2, 0.25) is 5.91 Å². The largest absolute Gasteiger partial charge is 0.378 e. The predicted octanol–water partition coefficient (Wildman–Crippen LogP) is 4.77.